The molecule has 3 aromatic rings. The summed E-state index contributed by atoms with van der Waals surface area (Å²) >= 11 is 0. The number of esters is 1. The van der Waals surface area contributed by atoms with Crippen LogP contribution in [0.25, 0.3) is 17.0 Å². The number of methoxy groups -OCH3 is 1. The molecule has 0 spiro atoms. The molecule has 10 heteroatoms. The summed E-state index contributed by atoms with van der Waals surface area (Å²) in [5, 5.41) is 25.5. The van der Waals surface area contributed by atoms with Crippen molar-refractivity contribution >= 4 is 22.9 Å². The average Bonchev–Trinajstić information content (AvgIpc) is 3.43. The molecule has 2 aromatic carbocycles. The van der Waals surface area contributed by atoms with Gasteiger partial charge in [0.05, 0.1) is 17.6 Å². The number of benzene rings is 2. The first-order chi connectivity index (χ1) is 17.6. The van der Waals surface area contributed by atoms with Crippen LogP contribution < -0.4 is 4.90 Å². The molecule has 10 nitrogen and oxygen atoms in total. The van der Waals surface area contributed by atoms with Crippen LogP contribution in [0.5, 0.6) is 0 Å². The number of nitro groups is 1. The molecule has 2 heterocycles. The highest BCUT2D eigenvalue weighted by molar-refractivity contribution is 5.90. The van der Waals surface area contributed by atoms with Gasteiger partial charge in [0, 0.05) is 47.3 Å². The molecule has 0 amide bonds. The molecule has 0 bridgehead atoms. The molecule has 0 fully saturated rings. The summed E-state index contributed by atoms with van der Waals surface area (Å²) in [6.07, 6.45) is 5.36. The van der Waals surface area contributed by atoms with E-state index in [1.165, 1.54) is 24.3 Å². The lowest BCUT2D eigenvalue weighted by Crippen LogP contribution is -2.47. The summed E-state index contributed by atoms with van der Waals surface area (Å²) in [5.41, 5.74) is 5.08. The Labute approximate surface area is 214 Å². The Morgan fingerprint density at radius 3 is 2.51 bits per heavy atom. The summed E-state index contributed by atoms with van der Waals surface area (Å²) in [5.74, 6) is 0.0314. The number of aromatic amines is 1. The van der Waals surface area contributed by atoms with Crippen molar-refractivity contribution in [2.75, 3.05) is 25.1 Å². The monoisotopic (exact) mass is 500 g/mol. The standard InChI is InChI=1S/C27H28N6O4/c1-26(2)22(17-5-7-18(8-6-17)25(34)37-4)9-11-27(3)16-32(12-10-23(26)27)20-13-19(24-28-30-31-29-24)14-21(15-20)33(35)36/h5-10,13-15H,11-12,16H2,1-4H3,(H,28,29,30,31). The van der Waals surface area contributed by atoms with Crippen molar-refractivity contribution in [3.05, 3.63) is 81.4 Å². The zero-order valence-corrected chi connectivity index (χ0v) is 21.2. The van der Waals surface area contributed by atoms with Gasteiger partial charge in [-0.3, -0.25) is 10.1 Å². The van der Waals surface area contributed by atoms with E-state index in [4.69, 9.17) is 4.74 Å². The Balaban J connectivity index is 1.47. The first-order valence-electron chi connectivity index (χ1n) is 12.0. The van der Waals surface area contributed by atoms with Crippen LogP contribution in [0.2, 0.25) is 0 Å². The molecule has 1 aliphatic carbocycles. The van der Waals surface area contributed by atoms with Crippen LogP contribution in [0.1, 0.15) is 43.1 Å². The highest BCUT2D eigenvalue weighted by atomic mass is 16.6. The third kappa shape index (κ3) is 4.28. The van der Waals surface area contributed by atoms with Gasteiger partial charge in [0.25, 0.3) is 5.69 Å². The summed E-state index contributed by atoms with van der Waals surface area (Å²) in [6.45, 7) is 8.04. The van der Waals surface area contributed by atoms with Crippen molar-refractivity contribution in [2.45, 2.75) is 27.2 Å². The maximum absolute atomic E-state index is 11.9. The zero-order chi connectivity index (χ0) is 26.4. The van der Waals surface area contributed by atoms with E-state index in [9.17, 15) is 14.9 Å². The largest absolute Gasteiger partial charge is 0.465 e. The van der Waals surface area contributed by atoms with E-state index < -0.39 is 4.92 Å². The SMILES string of the molecule is COC(=O)c1ccc(C2=CCC3(C)CN(c4cc(-c5nnn[nH]5)cc([N+](=O)[O-])c4)CC=C3C2(C)C)cc1. The van der Waals surface area contributed by atoms with Gasteiger partial charge < -0.3 is 9.64 Å². The first-order valence-corrected chi connectivity index (χ1v) is 12.0. The molecule has 1 N–H and O–H groups in total. The van der Waals surface area contributed by atoms with Crippen LogP contribution in [0.15, 0.2) is 60.2 Å². The number of rotatable bonds is 5. The van der Waals surface area contributed by atoms with Crippen molar-refractivity contribution in [1.29, 1.82) is 0 Å². The summed E-state index contributed by atoms with van der Waals surface area (Å²) < 4.78 is 4.83. The number of fused-ring (bicyclic) bond motifs is 1. The van der Waals surface area contributed by atoms with Gasteiger partial charge in [0.1, 0.15) is 0 Å². The van der Waals surface area contributed by atoms with E-state index >= 15 is 0 Å². The molecule has 1 atom stereocenters. The highest BCUT2D eigenvalue weighted by Gasteiger charge is 2.46. The van der Waals surface area contributed by atoms with E-state index in [0.29, 0.717) is 30.0 Å². The third-order valence-electron chi connectivity index (χ3n) is 7.52. The second kappa shape index (κ2) is 8.95. The number of H-pyrrole nitrogens is 1. The van der Waals surface area contributed by atoms with Crippen molar-refractivity contribution in [2.24, 2.45) is 10.8 Å². The number of anilines is 1. The van der Waals surface area contributed by atoms with Gasteiger partial charge in [-0.1, -0.05) is 50.6 Å². The number of ether oxygens (including phenoxy) is 1. The second-order valence-corrected chi connectivity index (χ2v) is 10.3. The average molecular weight is 501 g/mol. The Morgan fingerprint density at radius 2 is 1.86 bits per heavy atom. The Kier molecular flexibility index (Phi) is 5.89. The predicted octanol–water partition coefficient (Wildman–Crippen LogP) is 4.83. The fraction of sp³-hybridized carbons (Fsp3) is 0.333. The smallest absolute Gasteiger partial charge is 0.337 e. The van der Waals surface area contributed by atoms with Crippen LogP contribution in [0, 0.1) is 20.9 Å². The molecule has 0 saturated carbocycles. The Bertz CT molecular complexity index is 1430. The van der Waals surface area contributed by atoms with E-state index in [1.807, 2.05) is 18.2 Å². The van der Waals surface area contributed by atoms with Gasteiger partial charge in [-0.25, -0.2) is 9.89 Å². The molecule has 0 radical (unpaired) electrons. The van der Waals surface area contributed by atoms with Gasteiger partial charge >= 0.3 is 5.97 Å². The molecule has 1 aliphatic heterocycles. The normalized spacial score (nSPS) is 20.5. The molecule has 5 rings (SSSR count). The summed E-state index contributed by atoms with van der Waals surface area (Å²) in [7, 11) is 1.38. The van der Waals surface area contributed by atoms with Gasteiger partial charge in [0.2, 0.25) is 0 Å². The van der Waals surface area contributed by atoms with Gasteiger partial charge in [0.15, 0.2) is 5.82 Å². The highest BCUT2D eigenvalue weighted by Crippen LogP contribution is 2.55. The molecular formula is C27H28N6O4. The van der Waals surface area contributed by atoms with Crippen LogP contribution in [-0.2, 0) is 4.74 Å². The van der Waals surface area contributed by atoms with Crippen molar-refractivity contribution in [3.63, 3.8) is 0 Å². The minimum Gasteiger partial charge on any atom is -0.465 e. The number of nitrogens with zero attached hydrogens (tertiary/aromatic N) is 5. The lowest BCUT2D eigenvalue weighted by molar-refractivity contribution is -0.384. The number of carbonyl (C=O) groups is 1. The first kappa shape index (κ1) is 24.4. The minimum atomic E-state index is -0.395. The number of nitrogens with one attached hydrogen (secondary N) is 1. The number of nitro benzene ring substituents is 1. The Hall–Kier alpha value is -4.34. The topological polar surface area (TPSA) is 127 Å². The lowest BCUT2D eigenvalue weighted by atomic mass is 9.58. The van der Waals surface area contributed by atoms with Crippen LogP contribution in [0.3, 0.4) is 0 Å². The third-order valence-corrected chi connectivity index (χ3v) is 7.52. The maximum Gasteiger partial charge on any atom is 0.337 e. The number of tetrazole rings is 1. The summed E-state index contributed by atoms with van der Waals surface area (Å²) in [4.78, 5) is 25.3. The van der Waals surface area contributed by atoms with E-state index in [0.717, 1.165) is 17.7 Å². The van der Waals surface area contributed by atoms with Crippen molar-refractivity contribution in [3.8, 4) is 11.4 Å². The van der Waals surface area contributed by atoms with Gasteiger partial charge in [-0.15, -0.1) is 5.10 Å². The van der Waals surface area contributed by atoms with Crippen LogP contribution >= 0.6 is 0 Å². The van der Waals surface area contributed by atoms with E-state index in [-0.39, 0.29) is 22.5 Å². The molecule has 190 valence electrons. The molecule has 1 unspecified atom stereocenters. The molecule has 1 aromatic heterocycles. The molecule has 0 saturated heterocycles. The van der Waals surface area contributed by atoms with Gasteiger partial charge in [-0.2, -0.15) is 0 Å². The molecular weight excluding hydrogens is 472 g/mol. The summed E-state index contributed by atoms with van der Waals surface area (Å²) in [6, 6.07) is 12.5. The zero-order valence-electron chi connectivity index (χ0n) is 21.2. The number of hydrogen-bond acceptors (Lipinski definition) is 8. The number of hydrogen-bond donors (Lipinski definition) is 1. The second-order valence-electron chi connectivity index (χ2n) is 10.3. The minimum absolute atomic E-state index is 0.00890. The number of allylic oxidation sites excluding steroid dienone is 2. The van der Waals surface area contributed by atoms with E-state index in [2.05, 4.69) is 58.4 Å². The number of aromatic nitrogens is 4. The maximum atomic E-state index is 11.9. The van der Waals surface area contributed by atoms with Gasteiger partial charge in [-0.05, 0) is 46.2 Å². The fourth-order valence-electron chi connectivity index (χ4n) is 5.81. The van der Waals surface area contributed by atoms with E-state index in [1.54, 1.807) is 18.2 Å². The number of carbonyl (C=O) groups excluding carboxylic acids is 1. The fourth-order valence-corrected chi connectivity index (χ4v) is 5.81. The van der Waals surface area contributed by atoms with Crippen LogP contribution in [0.4, 0.5) is 11.4 Å². The quantitative estimate of drug-likeness (QED) is 0.228. The van der Waals surface area contributed by atoms with Crippen molar-refractivity contribution in [1.82, 2.24) is 20.6 Å². The molecule has 2 aliphatic rings. The van der Waals surface area contributed by atoms with Crippen molar-refractivity contribution < 1.29 is 14.5 Å². The Morgan fingerprint density at radius 1 is 1.11 bits per heavy atom. The van der Waals surface area contributed by atoms with Crippen LogP contribution in [-0.4, -0.2) is 51.7 Å². The number of non-ortho nitro benzene ring substituents is 1. The predicted molar refractivity (Wildman–Crippen MR) is 139 cm³/mol. The molecule has 37 heavy (non-hydrogen) atoms. The lowest BCUT2D eigenvalue weighted by Gasteiger charge is -2.51.